The van der Waals surface area contributed by atoms with Gasteiger partial charge in [-0.1, -0.05) is 20.8 Å². The van der Waals surface area contributed by atoms with Gasteiger partial charge in [0, 0.05) is 11.5 Å². The summed E-state index contributed by atoms with van der Waals surface area (Å²) >= 11 is 0. The minimum Gasteiger partial charge on any atom is -0.480 e. The second-order valence-electron chi connectivity index (χ2n) is 4.66. The Hall–Kier alpha value is -1.06. The van der Waals surface area contributed by atoms with E-state index in [-0.39, 0.29) is 18.5 Å². The molecule has 0 radical (unpaired) electrons. The number of carboxylic acids is 1. The monoisotopic (exact) mass is 215 g/mol. The van der Waals surface area contributed by atoms with Gasteiger partial charge < -0.3 is 10.0 Å². The number of carboxylic acid groups (broad SMARTS) is 1. The Morgan fingerprint density at radius 3 is 2.07 bits per heavy atom. The number of rotatable bonds is 5. The van der Waals surface area contributed by atoms with E-state index in [4.69, 9.17) is 5.11 Å². The number of hydrogen-bond acceptors (Lipinski definition) is 2. The second-order valence-corrected chi connectivity index (χ2v) is 4.66. The smallest absolute Gasteiger partial charge is 0.323 e. The Bertz CT molecular complexity index is 246. The molecular formula is C11H21NO3. The van der Waals surface area contributed by atoms with Crippen molar-refractivity contribution in [3.05, 3.63) is 0 Å². The van der Waals surface area contributed by atoms with Crippen LogP contribution in [0.3, 0.4) is 0 Å². The van der Waals surface area contributed by atoms with E-state index in [1.165, 1.54) is 4.90 Å². The first-order valence-corrected chi connectivity index (χ1v) is 5.25. The summed E-state index contributed by atoms with van der Waals surface area (Å²) < 4.78 is 0. The summed E-state index contributed by atoms with van der Waals surface area (Å²) in [5.74, 6) is -1.06. The zero-order chi connectivity index (χ0) is 12.2. The highest BCUT2D eigenvalue weighted by Crippen LogP contribution is 2.23. The first-order chi connectivity index (χ1) is 6.72. The zero-order valence-corrected chi connectivity index (χ0v) is 10.2. The second kappa shape index (κ2) is 5.14. The normalized spacial score (nSPS) is 11.6. The van der Waals surface area contributed by atoms with Crippen molar-refractivity contribution < 1.29 is 14.7 Å². The fraction of sp³-hybridized carbons (Fsp3) is 0.818. The van der Waals surface area contributed by atoms with Crippen molar-refractivity contribution in [3.8, 4) is 0 Å². The molecule has 15 heavy (non-hydrogen) atoms. The van der Waals surface area contributed by atoms with Crippen LogP contribution in [0.1, 0.15) is 41.0 Å². The van der Waals surface area contributed by atoms with Gasteiger partial charge in [0.2, 0.25) is 5.91 Å². The summed E-state index contributed by atoms with van der Waals surface area (Å²) in [7, 11) is 0. The third-order valence-corrected chi connectivity index (χ3v) is 2.65. The molecule has 0 aromatic heterocycles. The van der Waals surface area contributed by atoms with Crippen LogP contribution in [0.5, 0.6) is 0 Å². The van der Waals surface area contributed by atoms with Crippen LogP contribution in [0, 0.1) is 5.41 Å². The fourth-order valence-electron chi connectivity index (χ4n) is 1.17. The fourth-order valence-corrected chi connectivity index (χ4v) is 1.17. The molecule has 88 valence electrons. The van der Waals surface area contributed by atoms with Gasteiger partial charge in [-0.2, -0.15) is 0 Å². The Morgan fingerprint density at radius 1 is 1.33 bits per heavy atom. The van der Waals surface area contributed by atoms with Crippen LogP contribution in [0.15, 0.2) is 0 Å². The molecule has 0 aromatic carbocycles. The van der Waals surface area contributed by atoms with Gasteiger partial charge in [0.05, 0.1) is 0 Å². The summed E-state index contributed by atoms with van der Waals surface area (Å²) in [5, 5.41) is 8.73. The van der Waals surface area contributed by atoms with E-state index in [0.717, 1.165) is 0 Å². The molecule has 1 N–H and O–H groups in total. The average Bonchev–Trinajstić information content (AvgIpc) is 2.12. The van der Waals surface area contributed by atoms with Crippen molar-refractivity contribution in [2.24, 2.45) is 5.41 Å². The highest BCUT2D eigenvalue weighted by molar-refractivity contribution is 5.85. The van der Waals surface area contributed by atoms with E-state index < -0.39 is 11.4 Å². The largest absolute Gasteiger partial charge is 0.480 e. The minimum absolute atomic E-state index is 0.0839. The highest BCUT2D eigenvalue weighted by Gasteiger charge is 2.32. The van der Waals surface area contributed by atoms with E-state index in [1.54, 1.807) is 0 Å². The first-order valence-electron chi connectivity index (χ1n) is 5.25. The van der Waals surface area contributed by atoms with Crippen molar-refractivity contribution in [2.75, 3.05) is 6.54 Å². The molecule has 0 heterocycles. The molecule has 1 amide bonds. The Balaban J connectivity index is 4.78. The lowest BCUT2D eigenvalue weighted by Gasteiger charge is -2.32. The lowest BCUT2D eigenvalue weighted by Crippen LogP contribution is -2.46. The summed E-state index contributed by atoms with van der Waals surface area (Å²) in [6.45, 7) is 9.04. The first kappa shape index (κ1) is 13.9. The SMILES string of the molecule is CCC(C)(C)C(=O)N(CC(=O)O)C(C)C. The molecule has 0 saturated heterocycles. The quantitative estimate of drug-likeness (QED) is 0.760. The predicted molar refractivity (Wildman–Crippen MR) is 58.6 cm³/mol. The van der Waals surface area contributed by atoms with Crippen LogP contribution in [0.2, 0.25) is 0 Å². The molecule has 4 nitrogen and oxygen atoms in total. The van der Waals surface area contributed by atoms with Gasteiger partial charge >= 0.3 is 5.97 Å². The number of carbonyl (C=O) groups excluding carboxylic acids is 1. The molecule has 0 aliphatic heterocycles. The van der Waals surface area contributed by atoms with Crippen molar-refractivity contribution in [1.82, 2.24) is 4.90 Å². The molecule has 0 bridgehead atoms. The molecule has 0 aliphatic rings. The summed E-state index contributed by atoms with van der Waals surface area (Å²) in [6, 6.07) is -0.0839. The lowest BCUT2D eigenvalue weighted by molar-refractivity contribution is -0.150. The van der Waals surface area contributed by atoms with Crippen LogP contribution in [0.4, 0.5) is 0 Å². The molecule has 0 aliphatic carbocycles. The van der Waals surface area contributed by atoms with Gasteiger partial charge in [0.25, 0.3) is 0 Å². The molecule has 0 fully saturated rings. The lowest BCUT2D eigenvalue weighted by atomic mass is 9.88. The zero-order valence-electron chi connectivity index (χ0n) is 10.2. The van der Waals surface area contributed by atoms with E-state index in [2.05, 4.69) is 0 Å². The average molecular weight is 215 g/mol. The Kier molecular flexibility index (Phi) is 4.78. The third kappa shape index (κ3) is 3.90. The van der Waals surface area contributed by atoms with Crippen LogP contribution in [-0.4, -0.2) is 34.5 Å². The minimum atomic E-state index is -0.969. The number of amides is 1. The molecule has 4 heteroatoms. The van der Waals surface area contributed by atoms with Gasteiger partial charge in [-0.15, -0.1) is 0 Å². The maximum atomic E-state index is 12.0. The third-order valence-electron chi connectivity index (χ3n) is 2.65. The number of carbonyl (C=O) groups is 2. The summed E-state index contributed by atoms with van der Waals surface area (Å²) in [5.41, 5.74) is -0.486. The molecule has 0 atom stereocenters. The van der Waals surface area contributed by atoms with Gasteiger partial charge in [-0.05, 0) is 20.3 Å². The summed E-state index contributed by atoms with van der Waals surface area (Å²) in [4.78, 5) is 24.1. The number of nitrogens with zero attached hydrogens (tertiary/aromatic N) is 1. The van der Waals surface area contributed by atoms with Gasteiger partial charge in [0.1, 0.15) is 6.54 Å². The molecule has 0 aromatic rings. The van der Waals surface area contributed by atoms with Crippen molar-refractivity contribution in [1.29, 1.82) is 0 Å². The van der Waals surface area contributed by atoms with E-state index in [0.29, 0.717) is 6.42 Å². The molecule has 0 rings (SSSR count). The van der Waals surface area contributed by atoms with Crippen LogP contribution < -0.4 is 0 Å². The van der Waals surface area contributed by atoms with Crippen molar-refractivity contribution in [3.63, 3.8) is 0 Å². The molecular weight excluding hydrogens is 194 g/mol. The van der Waals surface area contributed by atoms with Crippen LogP contribution >= 0.6 is 0 Å². The van der Waals surface area contributed by atoms with Gasteiger partial charge in [-0.25, -0.2) is 0 Å². The maximum absolute atomic E-state index is 12.0. The molecule has 0 spiro atoms. The van der Waals surface area contributed by atoms with Crippen LogP contribution in [-0.2, 0) is 9.59 Å². The van der Waals surface area contributed by atoms with Gasteiger partial charge in [0.15, 0.2) is 0 Å². The van der Waals surface area contributed by atoms with E-state index in [9.17, 15) is 9.59 Å². The molecule has 0 saturated carbocycles. The maximum Gasteiger partial charge on any atom is 0.323 e. The Morgan fingerprint density at radius 2 is 1.80 bits per heavy atom. The standard InChI is InChI=1S/C11H21NO3/c1-6-11(4,5)10(15)12(8(2)3)7-9(13)14/h8H,6-7H2,1-5H3,(H,13,14). The summed E-state index contributed by atoms with van der Waals surface area (Å²) in [6.07, 6.45) is 0.703. The predicted octanol–water partition coefficient (Wildman–Crippen LogP) is 1.74. The topological polar surface area (TPSA) is 57.6 Å². The van der Waals surface area contributed by atoms with Crippen LogP contribution in [0.25, 0.3) is 0 Å². The van der Waals surface area contributed by atoms with Crippen molar-refractivity contribution in [2.45, 2.75) is 47.1 Å². The Labute approximate surface area is 91.3 Å². The van der Waals surface area contributed by atoms with Crippen molar-refractivity contribution >= 4 is 11.9 Å². The number of aliphatic carboxylic acids is 1. The number of hydrogen-bond donors (Lipinski definition) is 1. The highest BCUT2D eigenvalue weighted by atomic mass is 16.4. The van der Waals surface area contributed by atoms with Gasteiger partial charge in [-0.3, -0.25) is 9.59 Å². The van der Waals surface area contributed by atoms with E-state index >= 15 is 0 Å². The van der Waals surface area contributed by atoms with E-state index in [1.807, 2.05) is 34.6 Å². The molecule has 0 unspecified atom stereocenters.